The molecule has 0 fully saturated rings. The van der Waals surface area contributed by atoms with Crippen LogP contribution in [-0.4, -0.2) is 32.4 Å². The van der Waals surface area contributed by atoms with E-state index in [9.17, 15) is 40.5 Å². The Morgan fingerprint density at radius 3 is 2.22 bits per heavy atom. The number of benzene rings is 1. The molecule has 0 aliphatic heterocycles. The summed E-state index contributed by atoms with van der Waals surface area (Å²) in [5, 5.41) is 10.5. The van der Waals surface area contributed by atoms with Crippen molar-refractivity contribution >= 4 is 15.7 Å². The molecule has 0 aliphatic rings. The van der Waals surface area contributed by atoms with Gasteiger partial charge in [0.25, 0.3) is 11.6 Å². The van der Waals surface area contributed by atoms with Crippen molar-refractivity contribution < 1.29 is 35.3 Å². The van der Waals surface area contributed by atoms with Gasteiger partial charge in [0.1, 0.15) is 0 Å². The molecule has 0 saturated heterocycles. The van der Waals surface area contributed by atoms with Crippen molar-refractivity contribution in [3.05, 3.63) is 33.9 Å². The Balaban J connectivity index is 3.33. The number of rotatable bonds is 6. The largest absolute Gasteiger partial charge is 0.417 e. The minimum Gasteiger partial charge on any atom is -0.325 e. The Morgan fingerprint density at radius 1 is 1.22 bits per heavy atom. The van der Waals surface area contributed by atoms with E-state index in [0.717, 1.165) is 0 Å². The molecule has 0 saturated carbocycles. The first-order chi connectivity index (χ1) is 10.3. The van der Waals surface area contributed by atoms with E-state index in [0.29, 0.717) is 12.1 Å². The van der Waals surface area contributed by atoms with E-state index in [1.54, 1.807) is 0 Å². The number of hydrogen-bond acceptors (Lipinski definition) is 5. The first-order valence-corrected chi connectivity index (χ1v) is 7.22. The maximum absolute atomic E-state index is 12.9. The van der Waals surface area contributed by atoms with Crippen LogP contribution in [0.3, 0.4) is 0 Å². The fourth-order valence-corrected chi connectivity index (χ4v) is 2.71. The molecule has 13 heteroatoms. The molecule has 7 nitrogen and oxygen atoms in total. The monoisotopic (exact) mass is 363 g/mol. The molecule has 23 heavy (non-hydrogen) atoms. The molecule has 0 radical (unpaired) electrons. The maximum atomic E-state index is 12.9. The van der Waals surface area contributed by atoms with Gasteiger partial charge in [-0.2, -0.15) is 13.2 Å². The van der Waals surface area contributed by atoms with Crippen LogP contribution in [0.2, 0.25) is 0 Å². The number of hydrogen-bond donors (Lipinski definition) is 2. The average molecular weight is 363 g/mol. The highest BCUT2D eigenvalue weighted by molar-refractivity contribution is 7.89. The molecule has 0 aromatic heterocycles. The van der Waals surface area contributed by atoms with Crippen molar-refractivity contribution in [2.24, 2.45) is 5.73 Å². The van der Waals surface area contributed by atoms with E-state index in [-0.39, 0.29) is 6.07 Å². The van der Waals surface area contributed by atoms with Crippen molar-refractivity contribution in [3.63, 3.8) is 0 Å². The van der Waals surface area contributed by atoms with E-state index in [1.807, 2.05) is 0 Å². The summed E-state index contributed by atoms with van der Waals surface area (Å²) in [6, 6.07) is 0.852. The summed E-state index contributed by atoms with van der Waals surface area (Å²) in [5.74, 6) is -3.66. The summed E-state index contributed by atoms with van der Waals surface area (Å²) in [6.45, 7) is -2.73. The molecule has 1 aromatic carbocycles. The number of halogens is 5. The zero-order valence-corrected chi connectivity index (χ0v) is 11.9. The minimum absolute atomic E-state index is 0.00956. The third-order valence-corrected chi connectivity index (χ3v) is 4.05. The van der Waals surface area contributed by atoms with Crippen molar-refractivity contribution in [2.75, 3.05) is 13.1 Å². The summed E-state index contributed by atoms with van der Waals surface area (Å²) >= 11 is 0. The zero-order valence-electron chi connectivity index (χ0n) is 11.1. The molecule has 0 aliphatic carbocycles. The highest BCUT2D eigenvalue weighted by atomic mass is 32.2. The lowest BCUT2D eigenvalue weighted by atomic mass is 10.2. The Hall–Kier alpha value is -1.86. The molecule has 1 rings (SSSR count). The van der Waals surface area contributed by atoms with Crippen LogP contribution in [-0.2, 0) is 16.2 Å². The van der Waals surface area contributed by atoms with Crippen LogP contribution in [0, 0.1) is 10.1 Å². The molecule has 130 valence electrons. The highest BCUT2D eigenvalue weighted by Gasteiger charge is 2.39. The standard InChI is InChI=1S/C10H10F5N3O4S/c11-9(12,4-16)5-17-23(21,22)8-2-1-6(18(19)20)3-7(8)10(13,14)15/h1-3,17H,4-5,16H2. The molecular weight excluding hydrogens is 353 g/mol. The van der Waals surface area contributed by atoms with Gasteiger partial charge in [0.2, 0.25) is 10.0 Å². The smallest absolute Gasteiger partial charge is 0.325 e. The number of nitro benzene ring substituents is 1. The van der Waals surface area contributed by atoms with Crippen molar-refractivity contribution in [1.82, 2.24) is 4.72 Å². The number of nitrogens with two attached hydrogens (primary N) is 1. The van der Waals surface area contributed by atoms with Crippen LogP contribution < -0.4 is 10.5 Å². The molecule has 0 heterocycles. The first kappa shape index (κ1) is 19.2. The molecule has 0 amide bonds. The second-order valence-electron chi connectivity index (χ2n) is 4.32. The Kier molecular flexibility index (Phi) is 5.28. The summed E-state index contributed by atoms with van der Waals surface area (Å²) in [4.78, 5) is 7.95. The van der Waals surface area contributed by atoms with Gasteiger partial charge in [-0.15, -0.1) is 0 Å². The van der Waals surface area contributed by atoms with Gasteiger partial charge < -0.3 is 5.73 Å². The second kappa shape index (κ2) is 6.33. The van der Waals surface area contributed by atoms with Crippen molar-refractivity contribution in [1.29, 1.82) is 0 Å². The SMILES string of the molecule is NCC(F)(F)CNS(=O)(=O)c1ccc([N+](=O)[O-])cc1C(F)(F)F. The summed E-state index contributed by atoms with van der Waals surface area (Å²) in [5.41, 5.74) is 1.85. The lowest BCUT2D eigenvalue weighted by Gasteiger charge is -2.17. The molecule has 0 atom stereocenters. The van der Waals surface area contributed by atoms with Gasteiger partial charge in [0.15, 0.2) is 0 Å². The molecule has 1 aromatic rings. The highest BCUT2D eigenvalue weighted by Crippen LogP contribution is 2.36. The van der Waals surface area contributed by atoms with Gasteiger partial charge >= 0.3 is 6.18 Å². The number of nitro groups is 1. The summed E-state index contributed by atoms with van der Waals surface area (Å²) in [6.07, 6.45) is -5.24. The van der Waals surface area contributed by atoms with Gasteiger partial charge in [-0.1, -0.05) is 0 Å². The van der Waals surface area contributed by atoms with E-state index in [2.05, 4.69) is 5.73 Å². The third-order valence-electron chi connectivity index (χ3n) is 2.59. The molecular formula is C10H10F5N3O4S. The normalized spacial score (nSPS) is 13.1. The van der Waals surface area contributed by atoms with Crippen LogP contribution in [0.1, 0.15) is 5.56 Å². The lowest BCUT2D eigenvalue weighted by molar-refractivity contribution is -0.385. The van der Waals surface area contributed by atoms with Crippen molar-refractivity contribution in [3.8, 4) is 0 Å². The Morgan fingerprint density at radius 2 is 1.78 bits per heavy atom. The average Bonchev–Trinajstić information content (AvgIpc) is 2.44. The quantitative estimate of drug-likeness (QED) is 0.451. The van der Waals surface area contributed by atoms with E-state index >= 15 is 0 Å². The number of non-ortho nitro benzene ring substituents is 1. The number of sulfonamides is 1. The number of nitrogens with zero attached hydrogens (tertiary/aromatic N) is 1. The molecule has 3 N–H and O–H groups in total. The zero-order chi connectivity index (χ0) is 18.1. The summed E-state index contributed by atoms with van der Waals surface area (Å²) in [7, 11) is -4.99. The van der Waals surface area contributed by atoms with Gasteiger partial charge in [0.05, 0.1) is 28.5 Å². The predicted octanol–water partition coefficient (Wildman–Crippen LogP) is 1.49. The van der Waals surface area contributed by atoms with Crippen molar-refractivity contribution in [2.45, 2.75) is 17.0 Å². The predicted molar refractivity (Wildman–Crippen MR) is 67.3 cm³/mol. The number of nitrogens with one attached hydrogen (secondary N) is 1. The fraction of sp³-hybridized carbons (Fsp3) is 0.400. The van der Waals surface area contributed by atoms with E-state index < -0.39 is 56.3 Å². The fourth-order valence-electron chi connectivity index (χ4n) is 1.44. The third kappa shape index (κ3) is 4.80. The van der Waals surface area contributed by atoms with E-state index in [4.69, 9.17) is 0 Å². The lowest BCUT2D eigenvalue weighted by Crippen LogP contribution is -2.41. The van der Waals surface area contributed by atoms with Crippen LogP contribution >= 0.6 is 0 Å². The first-order valence-electron chi connectivity index (χ1n) is 5.73. The van der Waals surface area contributed by atoms with Crippen LogP contribution in [0.5, 0.6) is 0 Å². The van der Waals surface area contributed by atoms with Crippen LogP contribution in [0.4, 0.5) is 27.6 Å². The number of alkyl halides is 5. The van der Waals surface area contributed by atoms with E-state index in [1.165, 1.54) is 4.72 Å². The van der Waals surface area contributed by atoms with Gasteiger partial charge in [-0.05, 0) is 6.07 Å². The van der Waals surface area contributed by atoms with Crippen LogP contribution in [0.15, 0.2) is 23.1 Å². The maximum Gasteiger partial charge on any atom is 0.417 e. The molecule has 0 unspecified atom stereocenters. The Bertz CT molecular complexity index is 705. The molecule has 0 spiro atoms. The second-order valence-corrected chi connectivity index (χ2v) is 6.06. The topological polar surface area (TPSA) is 115 Å². The van der Waals surface area contributed by atoms with Gasteiger partial charge in [-0.25, -0.2) is 21.9 Å². The molecule has 0 bridgehead atoms. The Labute approximate surface area is 126 Å². The summed E-state index contributed by atoms with van der Waals surface area (Å²) < 4.78 is 89.4. The van der Waals surface area contributed by atoms with Gasteiger partial charge in [0, 0.05) is 12.1 Å². The van der Waals surface area contributed by atoms with Crippen LogP contribution in [0.25, 0.3) is 0 Å². The minimum atomic E-state index is -5.24. The van der Waals surface area contributed by atoms with Gasteiger partial charge in [-0.3, -0.25) is 10.1 Å².